The van der Waals surface area contributed by atoms with E-state index in [1.165, 1.54) is 17.9 Å². The van der Waals surface area contributed by atoms with Crippen LogP contribution in [-0.2, 0) is 4.79 Å². The van der Waals surface area contributed by atoms with Crippen molar-refractivity contribution in [2.75, 3.05) is 51.4 Å². The maximum absolute atomic E-state index is 12.5. The second-order valence-corrected chi connectivity index (χ2v) is 7.38. The maximum atomic E-state index is 12.5. The zero-order valence-electron chi connectivity index (χ0n) is 14.3. The van der Waals surface area contributed by atoms with Gasteiger partial charge in [-0.05, 0) is 30.7 Å². The summed E-state index contributed by atoms with van der Waals surface area (Å²) in [4.78, 5) is 17.0. The molecule has 6 heteroatoms. The van der Waals surface area contributed by atoms with Crippen molar-refractivity contribution < 1.29 is 14.3 Å². The summed E-state index contributed by atoms with van der Waals surface area (Å²) in [6.45, 7) is 3.77. The molecule has 0 radical (unpaired) electrons. The van der Waals surface area contributed by atoms with E-state index in [0.29, 0.717) is 17.5 Å². The molecule has 132 valence electrons. The molecule has 0 spiro atoms. The number of carbonyl (C=O) groups excluding carboxylic acids is 1. The van der Waals surface area contributed by atoms with Crippen LogP contribution in [0.3, 0.4) is 0 Å². The number of thioether (sulfide) groups is 1. The van der Waals surface area contributed by atoms with Crippen LogP contribution in [-0.4, -0.2) is 73.2 Å². The van der Waals surface area contributed by atoms with Crippen molar-refractivity contribution in [2.24, 2.45) is 0 Å². The third kappa shape index (κ3) is 4.36. The summed E-state index contributed by atoms with van der Waals surface area (Å²) >= 11 is 2.04. The Kier molecular flexibility index (Phi) is 6.26. The van der Waals surface area contributed by atoms with Crippen LogP contribution in [0.15, 0.2) is 24.3 Å². The minimum Gasteiger partial charge on any atom is -0.493 e. The van der Waals surface area contributed by atoms with Crippen molar-refractivity contribution in [1.29, 1.82) is 0 Å². The summed E-state index contributed by atoms with van der Waals surface area (Å²) in [6, 6.07) is 8.14. The molecule has 3 rings (SSSR count). The molecule has 0 saturated carbocycles. The first-order chi connectivity index (χ1) is 11.8. The van der Waals surface area contributed by atoms with Crippen molar-refractivity contribution in [2.45, 2.75) is 18.9 Å². The Morgan fingerprint density at radius 2 is 2.04 bits per heavy atom. The SMILES string of the molecule is COc1ccccc1OCC(=O)N1CCCN(C2CCSC2)CC1. The second-order valence-electron chi connectivity index (χ2n) is 6.23. The lowest BCUT2D eigenvalue weighted by Gasteiger charge is -2.26. The van der Waals surface area contributed by atoms with Gasteiger partial charge >= 0.3 is 0 Å². The molecule has 0 aromatic heterocycles. The quantitative estimate of drug-likeness (QED) is 0.814. The van der Waals surface area contributed by atoms with E-state index in [1.807, 2.05) is 40.9 Å². The van der Waals surface area contributed by atoms with Gasteiger partial charge in [0.1, 0.15) is 0 Å². The molecular weight excluding hydrogens is 324 g/mol. The first-order valence-electron chi connectivity index (χ1n) is 8.63. The van der Waals surface area contributed by atoms with Crippen molar-refractivity contribution in [3.63, 3.8) is 0 Å². The lowest BCUT2D eigenvalue weighted by Crippen LogP contribution is -2.40. The molecule has 1 aromatic rings. The van der Waals surface area contributed by atoms with Crippen molar-refractivity contribution >= 4 is 17.7 Å². The van der Waals surface area contributed by atoms with Gasteiger partial charge < -0.3 is 14.4 Å². The van der Waals surface area contributed by atoms with Gasteiger partial charge in [-0.1, -0.05) is 12.1 Å². The topological polar surface area (TPSA) is 42.0 Å². The summed E-state index contributed by atoms with van der Waals surface area (Å²) in [5.74, 6) is 3.85. The average Bonchev–Trinajstić information content (AvgIpc) is 3.04. The van der Waals surface area contributed by atoms with E-state index in [1.54, 1.807) is 7.11 Å². The van der Waals surface area contributed by atoms with E-state index in [-0.39, 0.29) is 12.5 Å². The minimum absolute atomic E-state index is 0.0588. The smallest absolute Gasteiger partial charge is 0.260 e. The largest absolute Gasteiger partial charge is 0.493 e. The molecular formula is C18H26N2O3S. The zero-order chi connectivity index (χ0) is 16.8. The Bertz CT molecular complexity index is 549. The number of carbonyl (C=O) groups is 1. The molecule has 1 unspecified atom stereocenters. The standard InChI is InChI=1S/C18H26N2O3S/c1-22-16-5-2-3-6-17(16)23-13-18(21)20-9-4-8-19(10-11-20)15-7-12-24-14-15/h2-3,5-6,15H,4,7-14H2,1H3. The van der Waals surface area contributed by atoms with Crippen LogP contribution >= 0.6 is 11.8 Å². The molecule has 0 N–H and O–H groups in total. The number of para-hydroxylation sites is 2. The first-order valence-corrected chi connectivity index (χ1v) is 9.79. The van der Waals surface area contributed by atoms with Gasteiger partial charge in [0, 0.05) is 38.0 Å². The molecule has 5 nitrogen and oxygen atoms in total. The van der Waals surface area contributed by atoms with Crippen LogP contribution in [0, 0.1) is 0 Å². The Hall–Kier alpha value is -1.40. The Labute approximate surface area is 148 Å². The van der Waals surface area contributed by atoms with E-state index in [2.05, 4.69) is 4.90 Å². The molecule has 0 aliphatic carbocycles. The van der Waals surface area contributed by atoms with E-state index in [4.69, 9.17) is 9.47 Å². The summed E-state index contributed by atoms with van der Waals surface area (Å²) in [7, 11) is 1.61. The van der Waals surface area contributed by atoms with Gasteiger partial charge in [0.15, 0.2) is 18.1 Å². The van der Waals surface area contributed by atoms with Gasteiger partial charge in [-0.2, -0.15) is 11.8 Å². The van der Waals surface area contributed by atoms with Crippen LogP contribution in [0.4, 0.5) is 0 Å². The number of ether oxygens (including phenoxy) is 2. The van der Waals surface area contributed by atoms with Crippen molar-refractivity contribution in [3.8, 4) is 11.5 Å². The highest BCUT2D eigenvalue weighted by atomic mass is 32.2. The van der Waals surface area contributed by atoms with Crippen molar-refractivity contribution in [1.82, 2.24) is 9.80 Å². The predicted octanol–water partition coefficient (Wildman–Crippen LogP) is 2.11. The summed E-state index contributed by atoms with van der Waals surface area (Å²) < 4.78 is 10.9. The van der Waals surface area contributed by atoms with Crippen LogP contribution in [0.5, 0.6) is 11.5 Å². The Morgan fingerprint density at radius 1 is 1.21 bits per heavy atom. The van der Waals surface area contributed by atoms with Gasteiger partial charge in [0.25, 0.3) is 5.91 Å². The van der Waals surface area contributed by atoms with Crippen LogP contribution in [0.1, 0.15) is 12.8 Å². The number of rotatable bonds is 5. The highest BCUT2D eigenvalue weighted by molar-refractivity contribution is 7.99. The number of amides is 1. The van der Waals surface area contributed by atoms with E-state index >= 15 is 0 Å². The maximum Gasteiger partial charge on any atom is 0.260 e. The molecule has 2 saturated heterocycles. The average molecular weight is 350 g/mol. The number of hydrogen-bond donors (Lipinski definition) is 0. The summed E-state index contributed by atoms with van der Waals surface area (Å²) in [5.41, 5.74) is 0. The molecule has 2 fully saturated rings. The highest BCUT2D eigenvalue weighted by Crippen LogP contribution is 2.26. The van der Waals surface area contributed by atoms with Crippen LogP contribution < -0.4 is 9.47 Å². The van der Waals surface area contributed by atoms with Crippen LogP contribution in [0.25, 0.3) is 0 Å². The fourth-order valence-corrected chi connectivity index (χ4v) is 4.59. The molecule has 2 aliphatic heterocycles. The number of hydrogen-bond acceptors (Lipinski definition) is 5. The molecule has 1 atom stereocenters. The minimum atomic E-state index is 0.0588. The zero-order valence-corrected chi connectivity index (χ0v) is 15.1. The molecule has 2 heterocycles. The molecule has 1 aromatic carbocycles. The first kappa shape index (κ1) is 17.4. The summed E-state index contributed by atoms with van der Waals surface area (Å²) in [5, 5.41) is 0. The highest BCUT2D eigenvalue weighted by Gasteiger charge is 2.26. The lowest BCUT2D eigenvalue weighted by molar-refractivity contribution is -0.133. The fraction of sp³-hybridized carbons (Fsp3) is 0.611. The van der Waals surface area contributed by atoms with Gasteiger partial charge in [0.2, 0.25) is 0 Å². The third-order valence-electron chi connectivity index (χ3n) is 4.73. The Balaban J connectivity index is 1.50. The van der Waals surface area contributed by atoms with E-state index in [9.17, 15) is 4.79 Å². The second kappa shape index (κ2) is 8.62. The predicted molar refractivity (Wildman–Crippen MR) is 97.0 cm³/mol. The number of benzene rings is 1. The normalized spacial score (nSPS) is 22.2. The molecule has 0 bridgehead atoms. The third-order valence-corrected chi connectivity index (χ3v) is 5.87. The van der Waals surface area contributed by atoms with E-state index < -0.39 is 0 Å². The van der Waals surface area contributed by atoms with Gasteiger partial charge in [-0.3, -0.25) is 9.69 Å². The number of methoxy groups -OCH3 is 1. The lowest BCUT2D eigenvalue weighted by atomic mass is 10.2. The van der Waals surface area contributed by atoms with E-state index in [0.717, 1.165) is 32.6 Å². The van der Waals surface area contributed by atoms with Gasteiger partial charge in [-0.25, -0.2) is 0 Å². The fourth-order valence-electron chi connectivity index (χ4n) is 3.33. The van der Waals surface area contributed by atoms with Crippen LogP contribution in [0.2, 0.25) is 0 Å². The Morgan fingerprint density at radius 3 is 2.79 bits per heavy atom. The molecule has 24 heavy (non-hydrogen) atoms. The van der Waals surface area contributed by atoms with Gasteiger partial charge in [0.05, 0.1) is 7.11 Å². The molecule has 1 amide bonds. The van der Waals surface area contributed by atoms with Gasteiger partial charge in [-0.15, -0.1) is 0 Å². The monoisotopic (exact) mass is 350 g/mol. The number of nitrogens with zero attached hydrogens (tertiary/aromatic N) is 2. The summed E-state index contributed by atoms with van der Waals surface area (Å²) in [6.07, 6.45) is 2.33. The van der Waals surface area contributed by atoms with Crippen molar-refractivity contribution in [3.05, 3.63) is 24.3 Å². The molecule has 2 aliphatic rings.